The van der Waals surface area contributed by atoms with Gasteiger partial charge in [0.05, 0.1) is 13.2 Å². The lowest BCUT2D eigenvalue weighted by atomic mass is 9.54. The second-order valence-electron chi connectivity index (χ2n) is 12.1. The maximum atomic E-state index is 13.2. The van der Waals surface area contributed by atoms with Crippen molar-refractivity contribution in [1.29, 1.82) is 0 Å². The quantitative estimate of drug-likeness (QED) is 0.399. The van der Waals surface area contributed by atoms with Gasteiger partial charge in [0.1, 0.15) is 17.1 Å². The van der Waals surface area contributed by atoms with Crippen LogP contribution < -0.4 is 9.47 Å². The molecule has 2 atom stereocenters. The Balaban J connectivity index is 1.34. The largest absolute Gasteiger partial charge is 0.496 e. The number of fused-ring (bicyclic) bond motifs is 1. The molecular formula is C33H39NO3. The average Bonchev–Trinajstić information content (AvgIpc) is 2.89. The van der Waals surface area contributed by atoms with E-state index in [1.165, 1.54) is 44.1 Å². The fraction of sp³-hybridized carbons (Fsp3) is 0.545. The van der Waals surface area contributed by atoms with E-state index in [-0.39, 0.29) is 23.6 Å². The lowest BCUT2D eigenvalue weighted by molar-refractivity contribution is -0.130. The molecule has 4 heteroatoms. The van der Waals surface area contributed by atoms with Crippen molar-refractivity contribution in [3.63, 3.8) is 0 Å². The van der Waals surface area contributed by atoms with Gasteiger partial charge in [0.2, 0.25) is 0 Å². The predicted molar refractivity (Wildman–Crippen MR) is 146 cm³/mol. The molecule has 1 aliphatic heterocycles. The first-order valence-corrected chi connectivity index (χ1v) is 14.3. The number of benzene rings is 2. The lowest BCUT2D eigenvalue weighted by Gasteiger charge is -2.56. The number of carbonyl (C=O) groups excluding carboxylic acids is 1. The van der Waals surface area contributed by atoms with Crippen molar-refractivity contribution >= 4 is 5.91 Å². The van der Waals surface area contributed by atoms with Gasteiger partial charge >= 0.3 is 0 Å². The normalized spacial score (nSPS) is 31.5. The van der Waals surface area contributed by atoms with Crippen molar-refractivity contribution < 1.29 is 14.3 Å². The van der Waals surface area contributed by atoms with E-state index in [0.717, 1.165) is 66.1 Å². The van der Waals surface area contributed by atoms with Crippen molar-refractivity contribution in [3.8, 4) is 23.8 Å². The van der Waals surface area contributed by atoms with E-state index < -0.39 is 0 Å². The first-order valence-electron chi connectivity index (χ1n) is 14.3. The number of hydrogen-bond donors (Lipinski definition) is 0. The summed E-state index contributed by atoms with van der Waals surface area (Å²) in [4.78, 5) is 15.2. The second-order valence-corrected chi connectivity index (χ2v) is 12.1. The third-order valence-corrected chi connectivity index (χ3v) is 9.54. The number of carbonyl (C=O) groups is 1. The Morgan fingerprint density at radius 3 is 2.32 bits per heavy atom. The van der Waals surface area contributed by atoms with E-state index in [0.29, 0.717) is 0 Å². The van der Waals surface area contributed by atoms with Gasteiger partial charge in [-0.05, 0) is 104 Å². The number of ether oxygens (including phenoxy) is 2. The van der Waals surface area contributed by atoms with E-state index in [1.54, 1.807) is 7.11 Å². The van der Waals surface area contributed by atoms with Gasteiger partial charge in [-0.1, -0.05) is 44.0 Å². The molecule has 1 unspecified atom stereocenters. The van der Waals surface area contributed by atoms with Crippen LogP contribution >= 0.6 is 0 Å². The monoisotopic (exact) mass is 497 g/mol. The van der Waals surface area contributed by atoms with Crippen molar-refractivity contribution in [2.45, 2.75) is 88.8 Å². The molecule has 7 rings (SSSR count). The number of methoxy groups -OCH3 is 1. The minimum atomic E-state index is -0.279. The Labute approximate surface area is 221 Å². The van der Waals surface area contributed by atoms with Gasteiger partial charge in [0.25, 0.3) is 5.91 Å². The number of terminal acetylenes is 1. The smallest absolute Gasteiger partial charge is 0.299 e. The maximum absolute atomic E-state index is 13.2. The summed E-state index contributed by atoms with van der Waals surface area (Å²) >= 11 is 0. The molecule has 4 nitrogen and oxygen atoms in total. The molecule has 4 fully saturated rings. The van der Waals surface area contributed by atoms with Crippen LogP contribution in [0.25, 0.3) is 0 Å². The molecule has 0 N–H and O–H groups in total. The number of rotatable bonds is 7. The van der Waals surface area contributed by atoms with Crippen LogP contribution in [-0.2, 0) is 11.2 Å². The van der Waals surface area contributed by atoms with Crippen molar-refractivity contribution in [3.05, 3.63) is 59.2 Å². The molecule has 2 aromatic rings. The standard InChI is InChI=1S/C33H39NO3/c1-4-6-9-27-18-26-8-7-10-29(36-3)31(26)32(34(27)30(35)5-2)25-11-13-28(14-12-25)37-33-19-22-15-23(20-33)17-24(16-22)21-33/h2,7-8,10-14,22-24,27,32H,4,6,9,15-21H2,1,3H3/t22?,23?,24?,27-,32?,33?/m0/s1. The van der Waals surface area contributed by atoms with Crippen LogP contribution in [-0.4, -0.2) is 29.6 Å². The van der Waals surface area contributed by atoms with Crippen LogP contribution in [0.3, 0.4) is 0 Å². The first kappa shape index (κ1) is 24.4. The molecule has 37 heavy (non-hydrogen) atoms. The molecule has 4 bridgehead atoms. The molecule has 0 spiro atoms. The van der Waals surface area contributed by atoms with Crippen LogP contribution in [0, 0.1) is 30.1 Å². The summed E-state index contributed by atoms with van der Waals surface area (Å²) in [5.41, 5.74) is 3.36. The zero-order chi connectivity index (χ0) is 25.6. The molecule has 4 aliphatic carbocycles. The highest BCUT2D eigenvalue weighted by molar-refractivity contribution is 5.94. The zero-order valence-electron chi connectivity index (χ0n) is 22.2. The molecule has 0 aromatic heterocycles. The van der Waals surface area contributed by atoms with E-state index in [4.69, 9.17) is 15.9 Å². The second kappa shape index (κ2) is 9.75. The molecule has 0 saturated heterocycles. The van der Waals surface area contributed by atoms with Gasteiger partial charge in [0, 0.05) is 11.6 Å². The van der Waals surface area contributed by atoms with Gasteiger partial charge in [-0.25, -0.2) is 0 Å². The van der Waals surface area contributed by atoms with E-state index in [9.17, 15) is 4.79 Å². The molecule has 194 valence electrons. The molecule has 2 aromatic carbocycles. The maximum Gasteiger partial charge on any atom is 0.299 e. The third-order valence-electron chi connectivity index (χ3n) is 9.54. The molecule has 1 amide bonds. The van der Waals surface area contributed by atoms with Gasteiger partial charge in [-0.3, -0.25) is 4.79 Å². The summed E-state index contributed by atoms with van der Waals surface area (Å²) in [6, 6.07) is 14.5. The highest BCUT2D eigenvalue weighted by Crippen LogP contribution is 2.57. The van der Waals surface area contributed by atoms with Crippen LogP contribution in [0.2, 0.25) is 0 Å². The van der Waals surface area contributed by atoms with Gasteiger partial charge < -0.3 is 14.4 Å². The third kappa shape index (κ3) is 4.41. The number of nitrogens with zero attached hydrogens (tertiary/aromatic N) is 1. The fourth-order valence-corrected chi connectivity index (χ4v) is 8.45. The van der Waals surface area contributed by atoms with Crippen LogP contribution in [0.1, 0.15) is 87.4 Å². The highest BCUT2D eigenvalue weighted by Gasteiger charge is 2.52. The summed E-state index contributed by atoms with van der Waals surface area (Å²) in [5.74, 6) is 6.47. The topological polar surface area (TPSA) is 38.8 Å². The summed E-state index contributed by atoms with van der Waals surface area (Å²) in [6.45, 7) is 2.19. The predicted octanol–water partition coefficient (Wildman–Crippen LogP) is 6.71. The molecule has 0 radical (unpaired) electrons. The number of amides is 1. The first-order chi connectivity index (χ1) is 18.0. The average molecular weight is 498 g/mol. The van der Waals surface area contributed by atoms with Gasteiger partial charge in [0.15, 0.2) is 0 Å². The summed E-state index contributed by atoms with van der Waals surface area (Å²) in [7, 11) is 1.70. The summed E-state index contributed by atoms with van der Waals surface area (Å²) in [5, 5.41) is 0. The van der Waals surface area contributed by atoms with E-state index in [1.807, 2.05) is 17.0 Å². The Morgan fingerprint density at radius 2 is 1.73 bits per heavy atom. The minimum Gasteiger partial charge on any atom is -0.496 e. The van der Waals surface area contributed by atoms with Crippen molar-refractivity contribution in [2.75, 3.05) is 7.11 Å². The Kier molecular flexibility index (Phi) is 6.43. The van der Waals surface area contributed by atoms with Crippen LogP contribution in [0.4, 0.5) is 0 Å². The molecular weight excluding hydrogens is 458 g/mol. The Hall–Kier alpha value is -2.93. The van der Waals surface area contributed by atoms with Crippen molar-refractivity contribution in [2.24, 2.45) is 17.8 Å². The molecule has 5 aliphatic rings. The van der Waals surface area contributed by atoms with Gasteiger partial charge in [-0.15, -0.1) is 6.42 Å². The lowest BCUT2D eigenvalue weighted by Crippen LogP contribution is -2.53. The summed E-state index contributed by atoms with van der Waals surface area (Å²) < 4.78 is 12.6. The minimum absolute atomic E-state index is 0.0215. The summed E-state index contributed by atoms with van der Waals surface area (Å²) in [6.07, 6.45) is 17.4. The van der Waals surface area contributed by atoms with Crippen LogP contribution in [0.5, 0.6) is 11.5 Å². The fourth-order valence-electron chi connectivity index (χ4n) is 8.45. The van der Waals surface area contributed by atoms with E-state index in [2.05, 4.69) is 43.2 Å². The zero-order valence-corrected chi connectivity index (χ0v) is 22.2. The molecule has 1 heterocycles. The van der Waals surface area contributed by atoms with Gasteiger partial charge in [-0.2, -0.15) is 0 Å². The number of unbranched alkanes of at least 4 members (excludes halogenated alkanes) is 1. The SMILES string of the molecule is C#CC(=O)N1C(c2ccc(OC34CC5CC(CC(C5)C3)C4)cc2)c2c(cccc2OC)C[C@@H]1CCCC. The Bertz CT molecular complexity index is 1160. The Morgan fingerprint density at radius 1 is 1.05 bits per heavy atom. The van der Waals surface area contributed by atoms with E-state index >= 15 is 0 Å². The molecule has 4 saturated carbocycles. The van der Waals surface area contributed by atoms with Crippen molar-refractivity contribution in [1.82, 2.24) is 4.90 Å². The van der Waals surface area contributed by atoms with Crippen LogP contribution in [0.15, 0.2) is 42.5 Å². The highest BCUT2D eigenvalue weighted by atomic mass is 16.5. The number of hydrogen-bond acceptors (Lipinski definition) is 3.